The van der Waals surface area contributed by atoms with E-state index in [1.807, 2.05) is 19.1 Å². The average Bonchev–Trinajstić information content (AvgIpc) is 2.95. The molecule has 11 heteroatoms. The first-order valence-corrected chi connectivity index (χ1v) is 13.9. The Morgan fingerprint density at radius 3 is 2.40 bits per heavy atom. The fourth-order valence-corrected chi connectivity index (χ4v) is 5.13. The van der Waals surface area contributed by atoms with Crippen LogP contribution < -0.4 is 26.6 Å². The van der Waals surface area contributed by atoms with Crippen LogP contribution in [0, 0.1) is 12.7 Å². The summed E-state index contributed by atoms with van der Waals surface area (Å²) in [5, 5.41) is 16.1. The number of aryl methyl sites for hydroxylation is 1. The van der Waals surface area contributed by atoms with Crippen molar-refractivity contribution < 1.29 is 19.0 Å². The van der Waals surface area contributed by atoms with Crippen molar-refractivity contribution in [1.82, 2.24) is 14.5 Å². The SMILES string of the molecule is COc1cc(-c2cccc(-c3cccc(NC(=O)c4cn(C)c(=O)n(C)c4=O)c3C)c2Cl)cc(F)c1CNCC(C)(C)O. The summed E-state index contributed by atoms with van der Waals surface area (Å²) in [6.45, 7) is 5.56. The molecule has 0 atom stereocenters. The molecule has 0 aliphatic rings. The van der Waals surface area contributed by atoms with Crippen LogP contribution in [0.4, 0.5) is 10.1 Å². The first kappa shape index (κ1) is 31.7. The number of carbonyl (C=O) groups is 1. The molecule has 4 rings (SSSR count). The van der Waals surface area contributed by atoms with E-state index in [-0.39, 0.29) is 18.7 Å². The maximum atomic E-state index is 15.3. The van der Waals surface area contributed by atoms with E-state index in [4.69, 9.17) is 16.3 Å². The summed E-state index contributed by atoms with van der Waals surface area (Å²) in [7, 11) is 4.24. The van der Waals surface area contributed by atoms with Crippen LogP contribution in [0.3, 0.4) is 0 Å². The van der Waals surface area contributed by atoms with Gasteiger partial charge in [0.2, 0.25) is 0 Å². The third-order valence-corrected chi connectivity index (χ3v) is 7.51. The van der Waals surface area contributed by atoms with E-state index in [2.05, 4.69) is 10.6 Å². The van der Waals surface area contributed by atoms with Gasteiger partial charge >= 0.3 is 5.69 Å². The predicted octanol–water partition coefficient (Wildman–Crippen LogP) is 4.64. The third-order valence-electron chi connectivity index (χ3n) is 7.11. The average molecular weight is 609 g/mol. The zero-order valence-electron chi connectivity index (χ0n) is 24.8. The van der Waals surface area contributed by atoms with Crippen LogP contribution in [0.5, 0.6) is 5.75 Å². The van der Waals surface area contributed by atoms with Gasteiger partial charge in [-0.25, -0.2) is 9.18 Å². The Morgan fingerprint density at radius 2 is 1.72 bits per heavy atom. The number of halogens is 2. The molecule has 3 aromatic carbocycles. The highest BCUT2D eigenvalue weighted by Gasteiger charge is 2.20. The van der Waals surface area contributed by atoms with Crippen LogP contribution >= 0.6 is 11.6 Å². The highest BCUT2D eigenvalue weighted by Crippen LogP contribution is 2.40. The van der Waals surface area contributed by atoms with E-state index < -0.39 is 28.6 Å². The molecule has 0 spiro atoms. The number of hydrogen-bond donors (Lipinski definition) is 3. The van der Waals surface area contributed by atoms with Gasteiger partial charge in [0.1, 0.15) is 17.1 Å². The Balaban J connectivity index is 1.69. The maximum Gasteiger partial charge on any atom is 0.330 e. The fourth-order valence-electron chi connectivity index (χ4n) is 4.79. The highest BCUT2D eigenvalue weighted by atomic mass is 35.5. The van der Waals surface area contributed by atoms with E-state index in [1.165, 1.54) is 38.0 Å². The van der Waals surface area contributed by atoms with Crippen molar-refractivity contribution >= 4 is 23.2 Å². The van der Waals surface area contributed by atoms with Crippen molar-refractivity contribution in [1.29, 1.82) is 0 Å². The van der Waals surface area contributed by atoms with Crippen molar-refractivity contribution in [3.63, 3.8) is 0 Å². The second kappa shape index (κ2) is 12.5. The van der Waals surface area contributed by atoms with Crippen LogP contribution in [-0.4, -0.2) is 39.4 Å². The topological polar surface area (TPSA) is 115 Å². The van der Waals surface area contributed by atoms with E-state index in [9.17, 15) is 19.5 Å². The Labute approximate surface area is 253 Å². The zero-order chi connectivity index (χ0) is 31.6. The molecular weight excluding hydrogens is 575 g/mol. The largest absolute Gasteiger partial charge is 0.496 e. The molecule has 0 unspecified atom stereocenters. The van der Waals surface area contributed by atoms with Crippen LogP contribution in [0.1, 0.15) is 35.3 Å². The Hall–Kier alpha value is -4.25. The molecule has 0 aliphatic heterocycles. The number of anilines is 1. The molecule has 0 fully saturated rings. The number of carbonyl (C=O) groups excluding carboxylic acids is 1. The van der Waals surface area contributed by atoms with Gasteiger partial charge in [0, 0.05) is 55.8 Å². The molecule has 0 aliphatic carbocycles. The summed E-state index contributed by atoms with van der Waals surface area (Å²) in [6, 6.07) is 13.8. The number of rotatable bonds is 9. The number of methoxy groups -OCH3 is 1. The monoisotopic (exact) mass is 608 g/mol. The summed E-state index contributed by atoms with van der Waals surface area (Å²) >= 11 is 6.93. The van der Waals surface area contributed by atoms with Gasteiger partial charge in [0.15, 0.2) is 0 Å². The summed E-state index contributed by atoms with van der Waals surface area (Å²) < 4.78 is 22.9. The molecule has 0 saturated heterocycles. The minimum Gasteiger partial charge on any atom is -0.496 e. The first-order valence-electron chi connectivity index (χ1n) is 13.5. The summed E-state index contributed by atoms with van der Waals surface area (Å²) in [4.78, 5) is 37.7. The molecule has 226 valence electrons. The third kappa shape index (κ3) is 6.72. The number of hydrogen-bond acceptors (Lipinski definition) is 6. The maximum absolute atomic E-state index is 15.3. The molecule has 0 saturated carbocycles. The highest BCUT2D eigenvalue weighted by molar-refractivity contribution is 6.36. The van der Waals surface area contributed by atoms with Crippen LogP contribution in [-0.2, 0) is 20.6 Å². The number of benzene rings is 3. The lowest BCUT2D eigenvalue weighted by atomic mass is 9.94. The number of aromatic nitrogens is 2. The first-order chi connectivity index (χ1) is 20.2. The number of nitrogens with zero attached hydrogens (tertiary/aromatic N) is 2. The van der Waals surface area contributed by atoms with Gasteiger partial charge in [-0.2, -0.15) is 0 Å². The van der Waals surface area contributed by atoms with Gasteiger partial charge < -0.3 is 25.0 Å². The lowest BCUT2D eigenvalue weighted by molar-refractivity contribution is 0.0793. The molecule has 0 radical (unpaired) electrons. The summed E-state index contributed by atoms with van der Waals surface area (Å²) in [5.41, 5.74) is 1.57. The second-order valence-corrected chi connectivity index (χ2v) is 11.3. The minimum atomic E-state index is -0.950. The van der Waals surface area contributed by atoms with Gasteiger partial charge in [-0.15, -0.1) is 0 Å². The molecule has 1 heterocycles. The van der Waals surface area contributed by atoms with Crippen molar-refractivity contribution in [3.8, 4) is 28.0 Å². The van der Waals surface area contributed by atoms with Crippen molar-refractivity contribution in [2.45, 2.75) is 32.9 Å². The molecule has 1 aromatic heterocycles. The lowest BCUT2D eigenvalue weighted by Crippen LogP contribution is -2.40. The Bertz CT molecular complexity index is 1820. The molecular formula is C32H34ClFN4O5. The molecule has 3 N–H and O–H groups in total. The molecule has 1 amide bonds. The van der Waals surface area contributed by atoms with Gasteiger partial charge in [0.25, 0.3) is 11.5 Å². The van der Waals surface area contributed by atoms with Gasteiger partial charge in [-0.05, 0) is 55.7 Å². The Kier molecular flexibility index (Phi) is 9.24. The van der Waals surface area contributed by atoms with E-state index >= 15 is 4.39 Å². The fraction of sp³-hybridized carbons (Fsp3) is 0.281. The quantitative estimate of drug-likeness (QED) is 0.255. The number of aliphatic hydroxyl groups is 1. The standard InChI is InChI=1S/C32H34ClFN4O5/c1-18-20(9-8-12-26(18)36-29(39)24-16-37(4)31(41)38(5)30(24)40)22-11-7-10-21(28(22)33)19-13-25(34)23(27(14-19)43-6)15-35-17-32(2,3)42/h7-14,16,35,42H,15,17H2,1-6H3,(H,36,39). The normalized spacial score (nSPS) is 11.5. The van der Waals surface area contributed by atoms with E-state index in [0.717, 1.165) is 10.1 Å². The molecule has 9 nitrogen and oxygen atoms in total. The van der Waals surface area contributed by atoms with Crippen molar-refractivity contribution in [3.05, 3.63) is 103 Å². The number of ether oxygens (including phenoxy) is 1. The second-order valence-electron chi connectivity index (χ2n) is 11.0. The van der Waals surface area contributed by atoms with Crippen LogP contribution in [0.15, 0.2) is 64.3 Å². The van der Waals surface area contributed by atoms with E-state index in [0.29, 0.717) is 44.3 Å². The van der Waals surface area contributed by atoms with Crippen molar-refractivity contribution in [2.75, 3.05) is 19.0 Å². The predicted molar refractivity (Wildman–Crippen MR) is 166 cm³/mol. The lowest BCUT2D eigenvalue weighted by Gasteiger charge is -2.19. The molecule has 43 heavy (non-hydrogen) atoms. The minimum absolute atomic E-state index is 0.163. The Morgan fingerprint density at radius 1 is 1.07 bits per heavy atom. The summed E-state index contributed by atoms with van der Waals surface area (Å²) in [5.74, 6) is -0.800. The summed E-state index contributed by atoms with van der Waals surface area (Å²) in [6.07, 6.45) is 1.21. The number of amides is 1. The van der Waals surface area contributed by atoms with Crippen molar-refractivity contribution in [2.24, 2.45) is 14.1 Å². The molecule has 4 aromatic rings. The van der Waals surface area contributed by atoms with E-state index in [1.54, 1.807) is 44.2 Å². The van der Waals surface area contributed by atoms with Gasteiger partial charge in [-0.1, -0.05) is 41.9 Å². The van der Waals surface area contributed by atoms with Gasteiger partial charge in [0.05, 0.1) is 17.7 Å². The molecule has 0 bridgehead atoms. The van der Waals surface area contributed by atoms with Gasteiger partial charge in [-0.3, -0.25) is 14.2 Å². The van der Waals surface area contributed by atoms with Crippen LogP contribution in [0.2, 0.25) is 5.02 Å². The van der Waals surface area contributed by atoms with Crippen LogP contribution in [0.25, 0.3) is 22.3 Å². The smallest absolute Gasteiger partial charge is 0.330 e. The zero-order valence-corrected chi connectivity index (χ0v) is 25.6. The number of nitrogens with one attached hydrogen (secondary N) is 2.